The Balaban J connectivity index is 2.13. The number of hydrogen-bond acceptors (Lipinski definition) is 3. The number of benzene rings is 2. The maximum absolute atomic E-state index is 13.9. The van der Waals surface area contributed by atoms with Gasteiger partial charge in [-0.25, -0.2) is 9.37 Å². The van der Waals surface area contributed by atoms with Crippen molar-refractivity contribution in [1.29, 1.82) is 0 Å². The number of hydrogen-bond donors (Lipinski definition) is 1. The standard InChI is InChI=1S/C16H13FN2S/c1-10-15(11-6-2-4-8-13(11)17)19-16(20-10)12-7-3-5-9-14(12)18/h2-9H,18H2,1H3. The molecule has 0 aliphatic heterocycles. The molecule has 2 N–H and O–H groups in total. The fourth-order valence-corrected chi connectivity index (χ4v) is 3.08. The van der Waals surface area contributed by atoms with E-state index >= 15 is 0 Å². The minimum absolute atomic E-state index is 0.256. The molecular weight excluding hydrogens is 271 g/mol. The van der Waals surface area contributed by atoms with Gasteiger partial charge in [-0.3, -0.25) is 0 Å². The van der Waals surface area contributed by atoms with Gasteiger partial charge in [0.2, 0.25) is 0 Å². The van der Waals surface area contributed by atoms with E-state index in [0.717, 1.165) is 15.4 Å². The fraction of sp³-hybridized carbons (Fsp3) is 0.0625. The number of para-hydroxylation sites is 1. The van der Waals surface area contributed by atoms with Crippen LogP contribution in [0.5, 0.6) is 0 Å². The maximum Gasteiger partial charge on any atom is 0.132 e. The van der Waals surface area contributed by atoms with E-state index in [4.69, 9.17) is 5.73 Å². The molecule has 0 bridgehead atoms. The number of thiazole rings is 1. The summed E-state index contributed by atoms with van der Waals surface area (Å²) < 4.78 is 13.9. The first-order valence-electron chi connectivity index (χ1n) is 6.24. The van der Waals surface area contributed by atoms with Crippen molar-refractivity contribution in [2.45, 2.75) is 6.92 Å². The Kier molecular flexibility index (Phi) is 3.24. The summed E-state index contributed by atoms with van der Waals surface area (Å²) in [6.07, 6.45) is 0. The van der Waals surface area contributed by atoms with E-state index in [2.05, 4.69) is 4.98 Å². The van der Waals surface area contributed by atoms with Crippen LogP contribution in [0.2, 0.25) is 0 Å². The van der Waals surface area contributed by atoms with Gasteiger partial charge in [-0.15, -0.1) is 11.3 Å². The number of nitrogen functional groups attached to an aromatic ring is 1. The highest BCUT2D eigenvalue weighted by atomic mass is 32.1. The summed E-state index contributed by atoms with van der Waals surface area (Å²) in [6.45, 7) is 1.95. The molecule has 1 aromatic heterocycles. The van der Waals surface area contributed by atoms with Crippen molar-refractivity contribution >= 4 is 17.0 Å². The fourth-order valence-electron chi connectivity index (χ4n) is 2.11. The SMILES string of the molecule is Cc1sc(-c2ccccc2N)nc1-c1ccccc1F. The largest absolute Gasteiger partial charge is 0.398 e. The Morgan fingerprint density at radius 3 is 2.35 bits per heavy atom. The van der Waals surface area contributed by atoms with Crippen molar-refractivity contribution < 1.29 is 4.39 Å². The van der Waals surface area contributed by atoms with Crippen molar-refractivity contribution in [3.63, 3.8) is 0 Å². The second-order valence-corrected chi connectivity index (χ2v) is 5.69. The summed E-state index contributed by atoms with van der Waals surface area (Å²) >= 11 is 1.53. The van der Waals surface area contributed by atoms with E-state index in [-0.39, 0.29) is 5.82 Å². The molecule has 0 radical (unpaired) electrons. The molecule has 2 aromatic carbocycles. The van der Waals surface area contributed by atoms with Crippen LogP contribution in [0.15, 0.2) is 48.5 Å². The van der Waals surface area contributed by atoms with Crippen LogP contribution in [-0.2, 0) is 0 Å². The predicted molar refractivity (Wildman–Crippen MR) is 82.1 cm³/mol. The second kappa shape index (κ2) is 5.06. The highest BCUT2D eigenvalue weighted by Crippen LogP contribution is 2.36. The van der Waals surface area contributed by atoms with Gasteiger partial charge in [-0.2, -0.15) is 0 Å². The molecule has 0 amide bonds. The van der Waals surface area contributed by atoms with E-state index in [1.165, 1.54) is 17.4 Å². The Morgan fingerprint density at radius 2 is 1.65 bits per heavy atom. The molecule has 0 aliphatic rings. The molecule has 2 nitrogen and oxygen atoms in total. The molecule has 0 atom stereocenters. The lowest BCUT2D eigenvalue weighted by Gasteiger charge is -2.01. The molecule has 0 saturated carbocycles. The van der Waals surface area contributed by atoms with Gasteiger partial charge in [0.05, 0.1) is 5.69 Å². The van der Waals surface area contributed by atoms with E-state index in [1.807, 2.05) is 37.3 Å². The smallest absolute Gasteiger partial charge is 0.132 e. The molecule has 0 fully saturated rings. The van der Waals surface area contributed by atoms with E-state index < -0.39 is 0 Å². The maximum atomic E-state index is 13.9. The number of aryl methyl sites for hydroxylation is 1. The molecule has 0 aliphatic carbocycles. The molecule has 0 unspecified atom stereocenters. The van der Waals surface area contributed by atoms with Crippen LogP contribution < -0.4 is 5.73 Å². The van der Waals surface area contributed by atoms with Crippen molar-refractivity contribution in [2.24, 2.45) is 0 Å². The molecular formula is C16H13FN2S. The zero-order valence-electron chi connectivity index (χ0n) is 10.9. The molecule has 3 aromatic rings. The van der Waals surface area contributed by atoms with Crippen LogP contribution >= 0.6 is 11.3 Å². The molecule has 0 spiro atoms. The molecule has 4 heteroatoms. The van der Waals surface area contributed by atoms with Crippen LogP contribution in [0.4, 0.5) is 10.1 Å². The lowest BCUT2D eigenvalue weighted by Crippen LogP contribution is -1.89. The summed E-state index contributed by atoms with van der Waals surface area (Å²) in [7, 11) is 0. The number of nitrogens with zero attached hydrogens (tertiary/aromatic N) is 1. The van der Waals surface area contributed by atoms with Gasteiger partial charge >= 0.3 is 0 Å². The number of rotatable bonds is 2. The Labute approximate surface area is 120 Å². The van der Waals surface area contributed by atoms with Crippen molar-refractivity contribution in [2.75, 3.05) is 5.73 Å². The molecule has 20 heavy (non-hydrogen) atoms. The molecule has 100 valence electrons. The zero-order chi connectivity index (χ0) is 14.1. The molecule has 1 heterocycles. The summed E-state index contributed by atoms with van der Waals surface area (Å²) in [6, 6.07) is 14.3. The zero-order valence-corrected chi connectivity index (χ0v) is 11.7. The van der Waals surface area contributed by atoms with Gasteiger partial charge in [0.15, 0.2) is 0 Å². The third-order valence-corrected chi connectivity index (χ3v) is 4.12. The van der Waals surface area contributed by atoms with Crippen LogP contribution in [0.3, 0.4) is 0 Å². The van der Waals surface area contributed by atoms with E-state index in [9.17, 15) is 4.39 Å². The highest BCUT2D eigenvalue weighted by Gasteiger charge is 2.15. The molecule has 3 rings (SSSR count). The normalized spacial score (nSPS) is 10.7. The van der Waals surface area contributed by atoms with Crippen molar-refractivity contribution in [3.05, 3.63) is 59.2 Å². The third-order valence-electron chi connectivity index (χ3n) is 3.12. The Morgan fingerprint density at radius 1 is 1.00 bits per heavy atom. The average Bonchev–Trinajstić information content (AvgIpc) is 2.81. The van der Waals surface area contributed by atoms with E-state index in [0.29, 0.717) is 16.9 Å². The first-order chi connectivity index (χ1) is 9.66. The topological polar surface area (TPSA) is 38.9 Å². The third kappa shape index (κ3) is 2.18. The van der Waals surface area contributed by atoms with Crippen molar-refractivity contribution in [1.82, 2.24) is 4.98 Å². The number of aromatic nitrogens is 1. The lowest BCUT2D eigenvalue weighted by molar-refractivity contribution is 0.631. The van der Waals surface area contributed by atoms with Crippen LogP contribution in [-0.4, -0.2) is 4.98 Å². The Bertz CT molecular complexity index is 765. The van der Waals surface area contributed by atoms with Gasteiger partial charge in [0, 0.05) is 21.7 Å². The van der Waals surface area contributed by atoms with Crippen LogP contribution in [0.1, 0.15) is 4.88 Å². The summed E-state index contributed by atoms with van der Waals surface area (Å²) in [5, 5.41) is 0.818. The number of halogens is 1. The summed E-state index contributed by atoms with van der Waals surface area (Å²) in [5.74, 6) is -0.256. The summed E-state index contributed by atoms with van der Waals surface area (Å²) in [5.41, 5.74) is 8.76. The minimum Gasteiger partial charge on any atom is -0.398 e. The van der Waals surface area contributed by atoms with Crippen LogP contribution in [0, 0.1) is 12.7 Å². The summed E-state index contributed by atoms with van der Waals surface area (Å²) in [4.78, 5) is 5.55. The first kappa shape index (κ1) is 12.8. The monoisotopic (exact) mass is 284 g/mol. The van der Waals surface area contributed by atoms with E-state index in [1.54, 1.807) is 12.1 Å². The molecule has 0 saturated heterocycles. The number of nitrogens with two attached hydrogens (primary N) is 1. The van der Waals surface area contributed by atoms with Gasteiger partial charge in [-0.1, -0.05) is 24.3 Å². The minimum atomic E-state index is -0.256. The van der Waals surface area contributed by atoms with Gasteiger partial charge in [-0.05, 0) is 31.2 Å². The van der Waals surface area contributed by atoms with Gasteiger partial charge in [0.1, 0.15) is 10.8 Å². The van der Waals surface area contributed by atoms with Gasteiger partial charge in [0.25, 0.3) is 0 Å². The lowest BCUT2D eigenvalue weighted by atomic mass is 10.1. The quantitative estimate of drug-likeness (QED) is 0.703. The predicted octanol–water partition coefficient (Wildman–Crippen LogP) is 4.51. The highest BCUT2D eigenvalue weighted by molar-refractivity contribution is 7.15. The van der Waals surface area contributed by atoms with Crippen LogP contribution in [0.25, 0.3) is 21.8 Å². The number of anilines is 1. The van der Waals surface area contributed by atoms with Gasteiger partial charge < -0.3 is 5.73 Å². The average molecular weight is 284 g/mol. The second-order valence-electron chi connectivity index (χ2n) is 4.49. The first-order valence-corrected chi connectivity index (χ1v) is 7.05. The Hall–Kier alpha value is -2.20. The van der Waals surface area contributed by atoms with Crippen molar-refractivity contribution in [3.8, 4) is 21.8 Å².